The zero-order valence-corrected chi connectivity index (χ0v) is 14.8. The second-order valence-electron chi connectivity index (χ2n) is 5.18. The number of phenols is 2. The Labute approximate surface area is 171 Å². The highest BCUT2D eigenvalue weighted by molar-refractivity contribution is 5.71. The van der Waals surface area contributed by atoms with Crippen molar-refractivity contribution in [3.63, 3.8) is 0 Å². The fraction of sp³-hybridized carbons (Fsp3) is 0. The SMILES string of the molecule is O=[N+]([O-])c1cc([N+](=O)[O-])c(O)c([N+](=O)[O-])c1.O=[N+]([O-])c1ccc(O)c([N+](=O)[O-])c1[N+](=O)[O-]. The number of phenolic OH excluding ortho intramolecular Hbond substituents is 2. The smallest absolute Gasteiger partial charge is 0.426 e. The Hall–Kier alpha value is -5.56. The summed E-state index contributed by atoms with van der Waals surface area (Å²) in [4.78, 5) is 55.4. The van der Waals surface area contributed by atoms with E-state index in [1.54, 1.807) is 0 Å². The van der Waals surface area contributed by atoms with Crippen molar-refractivity contribution in [3.8, 4) is 11.5 Å². The van der Waals surface area contributed by atoms with Gasteiger partial charge in [-0.2, -0.15) is 0 Å². The Morgan fingerprint density at radius 3 is 1.25 bits per heavy atom. The Bertz CT molecular complexity index is 1140. The molecule has 0 aromatic heterocycles. The molecule has 2 N–H and O–H groups in total. The highest BCUT2D eigenvalue weighted by Gasteiger charge is 2.38. The normalized spacial score (nSPS) is 9.75. The molecule has 0 amide bonds. The third-order valence-corrected chi connectivity index (χ3v) is 3.33. The topological polar surface area (TPSA) is 299 Å². The molecule has 0 atom stereocenters. The van der Waals surface area contributed by atoms with Gasteiger partial charge in [0.2, 0.25) is 5.75 Å². The van der Waals surface area contributed by atoms with E-state index < -0.39 is 75.2 Å². The fourth-order valence-electron chi connectivity index (χ4n) is 2.04. The van der Waals surface area contributed by atoms with Crippen LogP contribution in [0.2, 0.25) is 0 Å². The molecule has 0 aliphatic heterocycles. The van der Waals surface area contributed by atoms with Gasteiger partial charge in [-0.1, -0.05) is 0 Å². The molecule has 32 heavy (non-hydrogen) atoms. The maximum Gasteiger partial charge on any atom is 0.426 e. The molecule has 2 aromatic carbocycles. The highest BCUT2D eigenvalue weighted by Crippen LogP contribution is 2.42. The predicted octanol–water partition coefficient (Wildman–Crippen LogP) is 2.23. The monoisotopic (exact) mass is 458 g/mol. The Morgan fingerprint density at radius 2 is 0.938 bits per heavy atom. The summed E-state index contributed by atoms with van der Waals surface area (Å²) in [6, 6.07) is 2.17. The van der Waals surface area contributed by atoms with E-state index in [-0.39, 0.29) is 0 Å². The third kappa shape index (κ3) is 5.07. The van der Waals surface area contributed by atoms with Gasteiger partial charge in [-0.15, -0.1) is 0 Å². The van der Waals surface area contributed by atoms with Gasteiger partial charge >= 0.3 is 28.4 Å². The number of benzene rings is 2. The van der Waals surface area contributed by atoms with Gasteiger partial charge in [0.25, 0.3) is 11.4 Å². The van der Waals surface area contributed by atoms with Crippen LogP contribution in [-0.2, 0) is 0 Å². The lowest BCUT2D eigenvalue weighted by molar-refractivity contribution is -0.441. The summed E-state index contributed by atoms with van der Waals surface area (Å²) in [5.74, 6) is -2.21. The first-order chi connectivity index (χ1) is 14.7. The maximum absolute atomic E-state index is 10.5. The van der Waals surface area contributed by atoms with Gasteiger partial charge in [0.15, 0.2) is 0 Å². The van der Waals surface area contributed by atoms with E-state index >= 15 is 0 Å². The molecule has 0 saturated carbocycles. The lowest BCUT2D eigenvalue weighted by Gasteiger charge is -1.98. The molecule has 0 heterocycles. The molecule has 0 fully saturated rings. The van der Waals surface area contributed by atoms with E-state index in [2.05, 4.69) is 0 Å². The molecule has 20 heteroatoms. The first-order valence-electron chi connectivity index (χ1n) is 7.30. The molecular formula is C12H6N6O14. The Morgan fingerprint density at radius 1 is 0.531 bits per heavy atom. The first kappa shape index (κ1) is 24.5. The molecule has 0 bridgehead atoms. The lowest BCUT2D eigenvalue weighted by atomic mass is 10.2. The van der Waals surface area contributed by atoms with Gasteiger partial charge < -0.3 is 10.2 Å². The Kier molecular flexibility index (Phi) is 7.11. The van der Waals surface area contributed by atoms with Crippen molar-refractivity contribution in [2.24, 2.45) is 0 Å². The van der Waals surface area contributed by atoms with Crippen molar-refractivity contribution in [3.05, 3.63) is 85.0 Å². The fourth-order valence-corrected chi connectivity index (χ4v) is 2.04. The van der Waals surface area contributed by atoms with Crippen LogP contribution < -0.4 is 0 Å². The summed E-state index contributed by atoms with van der Waals surface area (Å²) in [6.45, 7) is 0. The molecule has 2 aromatic rings. The van der Waals surface area contributed by atoms with Gasteiger partial charge in [-0.05, 0) is 6.07 Å². The standard InChI is InChI=1S/2C6H3N3O7/c10-6-4(8(13)14)1-3(7(11)12)2-5(6)9(15)16;10-4-2-1-3(7(11)12)5(8(13)14)6(4)9(15)16/h2*1-2,10H. The van der Waals surface area contributed by atoms with Crippen molar-refractivity contribution >= 4 is 34.1 Å². The van der Waals surface area contributed by atoms with E-state index in [1.807, 2.05) is 0 Å². The summed E-state index contributed by atoms with van der Waals surface area (Å²) in [7, 11) is 0. The predicted molar refractivity (Wildman–Crippen MR) is 96.1 cm³/mol. The van der Waals surface area contributed by atoms with Crippen LogP contribution in [0.3, 0.4) is 0 Å². The summed E-state index contributed by atoms with van der Waals surface area (Å²) in [5, 5.41) is 80.6. The maximum atomic E-state index is 10.5. The second kappa shape index (κ2) is 9.29. The van der Waals surface area contributed by atoms with Crippen molar-refractivity contribution in [1.82, 2.24) is 0 Å². The van der Waals surface area contributed by atoms with Crippen LogP contribution in [-0.4, -0.2) is 39.8 Å². The average molecular weight is 458 g/mol. The average Bonchev–Trinajstić information content (AvgIpc) is 2.66. The van der Waals surface area contributed by atoms with Crippen LogP contribution in [0.25, 0.3) is 0 Å². The minimum absolute atomic E-state index is 0.447. The van der Waals surface area contributed by atoms with Crippen LogP contribution in [0.1, 0.15) is 0 Å². The number of aromatic hydroxyl groups is 2. The largest absolute Gasteiger partial charge is 0.502 e. The molecule has 0 unspecified atom stereocenters. The van der Waals surface area contributed by atoms with Crippen molar-refractivity contribution in [1.29, 1.82) is 0 Å². The molecule has 0 radical (unpaired) electrons. The molecule has 0 saturated heterocycles. The first-order valence-corrected chi connectivity index (χ1v) is 7.30. The summed E-state index contributed by atoms with van der Waals surface area (Å²) in [5.41, 5.74) is -6.68. The number of non-ortho nitro benzene ring substituents is 1. The van der Waals surface area contributed by atoms with Gasteiger partial charge in [-0.3, -0.25) is 60.7 Å². The summed E-state index contributed by atoms with van der Waals surface area (Å²) in [6.07, 6.45) is 0. The molecular weight excluding hydrogens is 452 g/mol. The van der Waals surface area contributed by atoms with E-state index in [0.717, 1.165) is 0 Å². The molecule has 0 aliphatic carbocycles. The number of nitro benzene ring substituents is 6. The quantitative estimate of drug-likeness (QED) is 0.463. The third-order valence-electron chi connectivity index (χ3n) is 3.33. The van der Waals surface area contributed by atoms with Crippen LogP contribution >= 0.6 is 0 Å². The van der Waals surface area contributed by atoms with E-state index in [0.29, 0.717) is 24.3 Å². The number of rotatable bonds is 6. The number of hydrogen-bond acceptors (Lipinski definition) is 14. The van der Waals surface area contributed by atoms with Gasteiger partial charge in [0.1, 0.15) is 0 Å². The minimum atomic E-state index is -1.34. The Balaban J connectivity index is 0.000000320. The van der Waals surface area contributed by atoms with Crippen LogP contribution in [0.15, 0.2) is 24.3 Å². The van der Waals surface area contributed by atoms with Crippen molar-refractivity contribution < 1.29 is 39.8 Å². The zero-order valence-electron chi connectivity index (χ0n) is 14.8. The number of nitrogens with zero attached hydrogens (tertiary/aromatic N) is 6. The number of hydrogen-bond donors (Lipinski definition) is 2. The second-order valence-corrected chi connectivity index (χ2v) is 5.18. The molecule has 0 aliphatic rings. The van der Waals surface area contributed by atoms with Crippen molar-refractivity contribution in [2.75, 3.05) is 0 Å². The van der Waals surface area contributed by atoms with Crippen LogP contribution in [0.4, 0.5) is 34.1 Å². The van der Waals surface area contributed by atoms with E-state index in [1.165, 1.54) is 0 Å². The van der Waals surface area contributed by atoms with Crippen LogP contribution in [0.5, 0.6) is 11.5 Å². The molecule has 0 spiro atoms. The van der Waals surface area contributed by atoms with E-state index in [9.17, 15) is 60.7 Å². The molecule has 2 rings (SSSR count). The van der Waals surface area contributed by atoms with Crippen LogP contribution in [0, 0.1) is 60.7 Å². The van der Waals surface area contributed by atoms with Gasteiger partial charge in [0, 0.05) is 6.07 Å². The highest BCUT2D eigenvalue weighted by atomic mass is 16.7. The van der Waals surface area contributed by atoms with Crippen molar-refractivity contribution in [2.45, 2.75) is 0 Å². The summed E-state index contributed by atoms with van der Waals surface area (Å²) >= 11 is 0. The summed E-state index contributed by atoms with van der Waals surface area (Å²) < 4.78 is 0. The van der Waals surface area contributed by atoms with E-state index in [4.69, 9.17) is 10.2 Å². The van der Waals surface area contributed by atoms with Gasteiger partial charge in [-0.25, -0.2) is 0 Å². The van der Waals surface area contributed by atoms with Gasteiger partial charge in [0.05, 0.1) is 41.7 Å². The molecule has 20 nitrogen and oxygen atoms in total. The minimum Gasteiger partial charge on any atom is -0.502 e. The lowest BCUT2D eigenvalue weighted by Crippen LogP contribution is -2.01. The molecule has 168 valence electrons. The number of nitro groups is 6. The zero-order chi connectivity index (χ0) is 24.9.